The summed E-state index contributed by atoms with van der Waals surface area (Å²) in [6.45, 7) is 10.6. The van der Waals surface area contributed by atoms with Crippen LogP contribution in [0.2, 0.25) is 19.6 Å². The van der Waals surface area contributed by atoms with E-state index in [0.717, 1.165) is 5.76 Å². The maximum Gasteiger partial charge on any atom is 0.293 e. The molecule has 0 rings (SSSR count). The van der Waals surface area contributed by atoms with E-state index in [9.17, 15) is 4.79 Å². The minimum absolute atomic E-state index is 0.210. The standard InChI is InChI=1S/C12H21O3Si/c1-6-12(15-16(3,4)5)9-7-8-11(2)14-10-13/h6-11H,1-5H3/b12-6+/t11-/m0/s1. The number of carbonyl (C=O) groups is 1. The monoisotopic (exact) mass is 241 g/mol. The second kappa shape index (κ2) is 7.49. The molecule has 0 unspecified atom stereocenters. The van der Waals surface area contributed by atoms with Crippen LogP contribution in [0.5, 0.6) is 0 Å². The van der Waals surface area contributed by atoms with E-state index in [4.69, 9.17) is 9.16 Å². The Bertz CT molecular complexity index is 231. The van der Waals surface area contributed by atoms with Crippen LogP contribution < -0.4 is 0 Å². The fourth-order valence-electron chi connectivity index (χ4n) is 0.983. The second-order valence-corrected chi connectivity index (χ2v) is 8.82. The maximum atomic E-state index is 10.1. The van der Waals surface area contributed by atoms with Crippen LogP contribution in [0.15, 0.2) is 11.8 Å². The highest BCUT2D eigenvalue weighted by molar-refractivity contribution is 6.70. The molecule has 0 spiro atoms. The van der Waals surface area contributed by atoms with Crippen LogP contribution in [0.3, 0.4) is 0 Å². The molecule has 0 bridgehead atoms. The summed E-state index contributed by atoms with van der Waals surface area (Å²) >= 11 is 0. The van der Waals surface area contributed by atoms with Gasteiger partial charge in [0.15, 0.2) is 0 Å². The molecule has 0 heterocycles. The average Bonchev–Trinajstić information content (AvgIpc) is 2.14. The van der Waals surface area contributed by atoms with Gasteiger partial charge < -0.3 is 9.16 Å². The van der Waals surface area contributed by atoms with Crippen LogP contribution in [0.1, 0.15) is 13.8 Å². The van der Waals surface area contributed by atoms with E-state index >= 15 is 0 Å². The number of allylic oxidation sites excluding steroid dienone is 2. The topological polar surface area (TPSA) is 35.5 Å². The van der Waals surface area contributed by atoms with E-state index in [2.05, 4.69) is 19.6 Å². The van der Waals surface area contributed by atoms with E-state index in [-0.39, 0.29) is 6.10 Å². The molecule has 1 atom stereocenters. The van der Waals surface area contributed by atoms with Crippen molar-refractivity contribution in [3.63, 3.8) is 0 Å². The van der Waals surface area contributed by atoms with Crippen LogP contribution in [0, 0.1) is 19.3 Å². The van der Waals surface area contributed by atoms with Crippen molar-refractivity contribution in [2.75, 3.05) is 0 Å². The molecule has 91 valence electrons. The maximum absolute atomic E-state index is 10.1. The van der Waals surface area contributed by atoms with Crippen LogP contribution in [0.4, 0.5) is 0 Å². The average molecular weight is 241 g/mol. The molecule has 0 amide bonds. The Kier molecular flexibility index (Phi) is 7.13. The van der Waals surface area contributed by atoms with Gasteiger partial charge in [-0.3, -0.25) is 4.79 Å². The van der Waals surface area contributed by atoms with E-state index in [0.29, 0.717) is 6.47 Å². The zero-order chi connectivity index (χ0) is 12.6. The van der Waals surface area contributed by atoms with Crippen LogP contribution in [-0.2, 0) is 14.0 Å². The molecule has 0 aromatic carbocycles. The van der Waals surface area contributed by atoms with Gasteiger partial charge in [-0.2, -0.15) is 0 Å². The van der Waals surface area contributed by atoms with Gasteiger partial charge in [-0.1, -0.05) is 6.08 Å². The first kappa shape index (κ1) is 15.2. The van der Waals surface area contributed by atoms with Crippen LogP contribution in [-0.4, -0.2) is 20.9 Å². The van der Waals surface area contributed by atoms with Crippen molar-refractivity contribution in [1.29, 1.82) is 0 Å². The quantitative estimate of drug-likeness (QED) is 0.372. The van der Waals surface area contributed by atoms with Crippen molar-refractivity contribution in [2.24, 2.45) is 0 Å². The highest BCUT2D eigenvalue weighted by Gasteiger charge is 2.17. The summed E-state index contributed by atoms with van der Waals surface area (Å²) in [6.07, 6.45) is 7.23. The Morgan fingerprint density at radius 3 is 2.38 bits per heavy atom. The molecule has 0 aliphatic heterocycles. The molecule has 0 fully saturated rings. The summed E-state index contributed by atoms with van der Waals surface area (Å²) in [5.41, 5.74) is 0. The van der Waals surface area contributed by atoms with Crippen molar-refractivity contribution < 1.29 is 14.0 Å². The Labute approximate surface area is 100.0 Å². The first-order valence-corrected chi connectivity index (χ1v) is 8.76. The minimum Gasteiger partial charge on any atom is -0.547 e. The molecule has 0 aliphatic rings. The Balaban J connectivity index is 3.85. The third-order valence-electron chi connectivity index (χ3n) is 1.62. The van der Waals surface area contributed by atoms with Crippen molar-refractivity contribution in [2.45, 2.75) is 39.6 Å². The zero-order valence-corrected chi connectivity index (χ0v) is 11.7. The lowest BCUT2D eigenvalue weighted by molar-refractivity contribution is -0.131. The van der Waals surface area contributed by atoms with E-state index < -0.39 is 8.32 Å². The predicted octanol–water partition coefficient (Wildman–Crippen LogP) is 2.92. The largest absolute Gasteiger partial charge is 0.547 e. The van der Waals surface area contributed by atoms with Gasteiger partial charge in [0.1, 0.15) is 6.10 Å². The molecular weight excluding hydrogens is 220 g/mol. The Morgan fingerprint density at radius 2 is 1.94 bits per heavy atom. The van der Waals surface area contributed by atoms with Gasteiger partial charge in [-0.25, -0.2) is 0 Å². The smallest absolute Gasteiger partial charge is 0.293 e. The number of rotatable bonds is 8. The first-order valence-electron chi connectivity index (χ1n) is 5.35. The summed E-state index contributed by atoms with van der Waals surface area (Å²) in [7, 11) is -1.55. The van der Waals surface area contributed by atoms with Crippen LogP contribution >= 0.6 is 0 Å². The highest BCUT2D eigenvalue weighted by Crippen LogP contribution is 2.15. The van der Waals surface area contributed by atoms with E-state index in [1.54, 1.807) is 13.3 Å². The SMILES string of the molecule is C/C=C(\[CH][CH][CH][C@H](C)OC=O)O[Si](C)(C)C. The highest BCUT2D eigenvalue weighted by atomic mass is 28.4. The van der Waals surface area contributed by atoms with Crippen molar-refractivity contribution in [1.82, 2.24) is 0 Å². The molecule has 0 saturated heterocycles. The number of carbonyl (C=O) groups excluding carboxylic acids is 1. The summed E-state index contributed by atoms with van der Waals surface area (Å²) in [5.74, 6) is 0.855. The molecule has 0 saturated carbocycles. The second-order valence-electron chi connectivity index (χ2n) is 4.39. The third kappa shape index (κ3) is 8.53. The van der Waals surface area contributed by atoms with Crippen LogP contribution in [0.25, 0.3) is 0 Å². The lowest BCUT2D eigenvalue weighted by Gasteiger charge is -2.21. The molecule has 3 nitrogen and oxygen atoms in total. The number of hydrogen-bond donors (Lipinski definition) is 0. The van der Waals surface area contributed by atoms with Gasteiger partial charge in [0.05, 0.1) is 5.76 Å². The summed E-state index contributed by atoms with van der Waals surface area (Å²) in [5, 5.41) is 0. The van der Waals surface area contributed by atoms with Gasteiger partial charge in [0.2, 0.25) is 8.32 Å². The molecule has 0 aromatic rings. The van der Waals surface area contributed by atoms with Crippen molar-refractivity contribution in [3.8, 4) is 0 Å². The third-order valence-corrected chi connectivity index (χ3v) is 2.47. The minimum atomic E-state index is -1.55. The van der Waals surface area contributed by atoms with Crippen molar-refractivity contribution >= 4 is 14.8 Å². The normalized spacial score (nSPS) is 14.4. The molecule has 16 heavy (non-hydrogen) atoms. The Hall–Kier alpha value is -0.773. The number of hydrogen-bond acceptors (Lipinski definition) is 3. The fraction of sp³-hybridized carbons (Fsp3) is 0.500. The van der Waals surface area contributed by atoms with E-state index in [1.165, 1.54) is 0 Å². The molecule has 4 heteroatoms. The first-order chi connectivity index (χ1) is 7.39. The summed E-state index contributed by atoms with van der Waals surface area (Å²) < 4.78 is 10.5. The zero-order valence-electron chi connectivity index (χ0n) is 10.7. The lowest BCUT2D eigenvalue weighted by atomic mass is 10.1. The molecule has 0 aliphatic carbocycles. The fourth-order valence-corrected chi connectivity index (χ4v) is 1.88. The molecule has 0 aromatic heterocycles. The van der Waals surface area contributed by atoms with Gasteiger partial charge in [-0.05, 0) is 39.9 Å². The van der Waals surface area contributed by atoms with Gasteiger partial charge in [-0.15, -0.1) is 0 Å². The predicted molar refractivity (Wildman–Crippen MR) is 67.7 cm³/mol. The molecule has 3 radical (unpaired) electrons. The Morgan fingerprint density at radius 1 is 1.31 bits per heavy atom. The van der Waals surface area contributed by atoms with Gasteiger partial charge in [0, 0.05) is 12.8 Å². The van der Waals surface area contributed by atoms with E-state index in [1.807, 2.05) is 25.8 Å². The lowest BCUT2D eigenvalue weighted by Crippen LogP contribution is -2.25. The summed E-state index contributed by atoms with van der Waals surface area (Å²) in [6, 6.07) is 0. The van der Waals surface area contributed by atoms with Crippen molar-refractivity contribution in [3.05, 3.63) is 31.1 Å². The molecule has 0 N–H and O–H groups in total. The number of ether oxygens (including phenoxy) is 1. The van der Waals surface area contributed by atoms with Gasteiger partial charge >= 0.3 is 0 Å². The molecular formula is C12H21O3Si. The van der Waals surface area contributed by atoms with Gasteiger partial charge in [0.25, 0.3) is 6.47 Å². The summed E-state index contributed by atoms with van der Waals surface area (Å²) in [4.78, 5) is 10.1.